The summed E-state index contributed by atoms with van der Waals surface area (Å²) in [5.41, 5.74) is 0.974. The van der Waals surface area contributed by atoms with E-state index in [-0.39, 0.29) is 18.7 Å². The Morgan fingerprint density at radius 2 is 1.69 bits per heavy atom. The number of nitrogens with one attached hydrogen (secondary N) is 1. The van der Waals surface area contributed by atoms with Crippen molar-refractivity contribution >= 4 is 61.9 Å². The Morgan fingerprint density at radius 1 is 1.02 bits per heavy atom. The Bertz CT molecular complexity index is 1910. The largest absolute Gasteiger partial charge is 0.496 e. The molecule has 0 bridgehead atoms. The predicted molar refractivity (Wildman–Crippen MR) is 189 cm³/mol. The van der Waals surface area contributed by atoms with Gasteiger partial charge in [-0.3, -0.25) is 19.3 Å². The molecule has 5 rings (SSSR count). The van der Waals surface area contributed by atoms with E-state index in [0.29, 0.717) is 17.1 Å². The maximum Gasteiger partial charge on any atom is 0.410 e. The van der Waals surface area contributed by atoms with Crippen LogP contribution in [0.25, 0.3) is 10.8 Å². The number of rotatable bonds is 7. The minimum Gasteiger partial charge on any atom is -0.496 e. The van der Waals surface area contributed by atoms with Crippen molar-refractivity contribution < 1.29 is 33.0 Å². The van der Waals surface area contributed by atoms with E-state index < -0.39 is 47.3 Å². The van der Waals surface area contributed by atoms with Gasteiger partial charge in [0.05, 0.1) is 31.6 Å². The molecule has 0 saturated carbocycles. The molecular weight excluding hydrogens is 695 g/mol. The molecule has 10 nitrogen and oxygen atoms in total. The van der Waals surface area contributed by atoms with Crippen LogP contribution >= 0.6 is 15.9 Å². The second-order valence-corrected chi connectivity index (χ2v) is 13.7. The van der Waals surface area contributed by atoms with Gasteiger partial charge in [0, 0.05) is 22.6 Å². The molecule has 4 aromatic rings. The molecule has 0 aromatic heterocycles. The van der Waals surface area contributed by atoms with E-state index >= 15 is 0 Å². The molecule has 0 saturated heterocycles. The van der Waals surface area contributed by atoms with Crippen LogP contribution in [-0.4, -0.2) is 67.1 Å². The lowest BCUT2D eigenvalue weighted by molar-refractivity contribution is -0.130. The van der Waals surface area contributed by atoms with Gasteiger partial charge in [0.25, 0.3) is 11.8 Å². The number of carbonyl (C=O) groups is 4. The molecule has 1 N–H and O–H groups in total. The van der Waals surface area contributed by atoms with Crippen molar-refractivity contribution in [1.82, 2.24) is 10.2 Å². The highest BCUT2D eigenvalue weighted by Gasteiger charge is 2.39. The molecule has 1 aliphatic heterocycles. The summed E-state index contributed by atoms with van der Waals surface area (Å²) < 4.78 is 25.9. The molecule has 0 fully saturated rings. The van der Waals surface area contributed by atoms with Crippen molar-refractivity contribution in [3.8, 4) is 5.75 Å². The molecule has 1 aliphatic rings. The molecule has 0 spiro atoms. The first-order chi connectivity index (χ1) is 23.2. The van der Waals surface area contributed by atoms with Crippen LogP contribution in [0.2, 0.25) is 0 Å². The molecule has 4 aromatic carbocycles. The zero-order valence-corrected chi connectivity index (χ0v) is 29.7. The third-order valence-electron chi connectivity index (χ3n) is 8.27. The highest BCUT2D eigenvalue weighted by molar-refractivity contribution is 9.10. The van der Waals surface area contributed by atoms with Gasteiger partial charge in [-0.1, -0.05) is 40.2 Å². The lowest BCUT2D eigenvalue weighted by Crippen LogP contribution is -2.57. The monoisotopic (exact) mass is 732 g/mol. The van der Waals surface area contributed by atoms with E-state index in [1.807, 2.05) is 30.3 Å². The smallest absolute Gasteiger partial charge is 0.410 e. The zero-order chi connectivity index (χ0) is 35.6. The van der Waals surface area contributed by atoms with Crippen LogP contribution in [0, 0.1) is 5.82 Å². The first-order valence-electron chi connectivity index (χ1n) is 15.7. The van der Waals surface area contributed by atoms with Crippen LogP contribution < -0.4 is 19.9 Å². The number of anilines is 2. The van der Waals surface area contributed by atoms with Crippen molar-refractivity contribution in [1.29, 1.82) is 0 Å². The van der Waals surface area contributed by atoms with E-state index in [1.54, 1.807) is 52.1 Å². The molecule has 12 heteroatoms. The molecule has 0 aliphatic carbocycles. The SMILES string of the molecule is COc1ccc2cc(Br)ccc2c1CN1C(=O)[C@@H](NC(=O)[C@H](C)N(C)C(=O)OC(C)(C)C)CN(C(=O)c2ccc(F)cc2)c2ccccc21. The number of hydrogen-bond donors (Lipinski definition) is 1. The van der Waals surface area contributed by atoms with Crippen molar-refractivity contribution in [3.63, 3.8) is 0 Å². The minimum absolute atomic E-state index is 0.0380. The highest BCUT2D eigenvalue weighted by Crippen LogP contribution is 2.38. The summed E-state index contributed by atoms with van der Waals surface area (Å²) in [6.45, 7) is 6.48. The van der Waals surface area contributed by atoms with Gasteiger partial charge >= 0.3 is 6.09 Å². The third-order valence-corrected chi connectivity index (χ3v) is 8.77. The molecule has 0 unspecified atom stereocenters. The van der Waals surface area contributed by atoms with Crippen LogP contribution in [0.3, 0.4) is 0 Å². The van der Waals surface area contributed by atoms with Gasteiger partial charge in [0.2, 0.25) is 5.91 Å². The second-order valence-electron chi connectivity index (χ2n) is 12.8. The maximum atomic E-state index is 14.7. The minimum atomic E-state index is -1.24. The number of halogens is 2. The average Bonchev–Trinajstić information content (AvgIpc) is 3.17. The van der Waals surface area contributed by atoms with Gasteiger partial charge in [-0.25, -0.2) is 9.18 Å². The number of likely N-dealkylation sites (N-methyl/N-ethyl adjacent to an activating group) is 1. The standard InChI is InChI=1S/C37H38BrFN4O6/c1-22(41(5)36(47)49-37(2,3)4)33(44)40-29-21-43(34(45)23-11-15-26(39)16-12-23)31-10-8-7-9-30(31)42(35(29)46)20-28-27-17-14-25(38)19-24(27)13-18-32(28)48-6/h7-19,22,29H,20-21H2,1-6H3,(H,40,44)/t22-,29-/m0/s1. The Kier molecular flexibility index (Phi) is 10.3. The third kappa shape index (κ3) is 7.69. The number of ether oxygens (including phenoxy) is 2. The lowest BCUT2D eigenvalue weighted by Gasteiger charge is -2.30. The number of hydrogen-bond acceptors (Lipinski definition) is 6. The number of amides is 4. The topological polar surface area (TPSA) is 108 Å². The van der Waals surface area contributed by atoms with Crippen molar-refractivity contribution in [2.75, 3.05) is 30.5 Å². The Hall–Kier alpha value is -4.97. The van der Waals surface area contributed by atoms with E-state index in [2.05, 4.69) is 21.2 Å². The molecule has 256 valence electrons. The fourth-order valence-corrected chi connectivity index (χ4v) is 5.99. The second kappa shape index (κ2) is 14.3. The highest BCUT2D eigenvalue weighted by atomic mass is 79.9. The number of nitrogens with zero attached hydrogens (tertiary/aromatic N) is 3. The lowest BCUT2D eigenvalue weighted by atomic mass is 10.0. The molecule has 0 radical (unpaired) electrons. The van der Waals surface area contributed by atoms with E-state index in [1.165, 1.54) is 48.0 Å². The summed E-state index contributed by atoms with van der Waals surface area (Å²) in [7, 11) is 2.99. The van der Waals surface area contributed by atoms with Gasteiger partial charge in [-0.15, -0.1) is 0 Å². The first kappa shape index (κ1) is 35.3. The molecule has 1 heterocycles. The summed E-state index contributed by atoms with van der Waals surface area (Å²) in [4.78, 5) is 59.3. The van der Waals surface area contributed by atoms with Crippen LogP contribution in [-0.2, 0) is 20.9 Å². The van der Waals surface area contributed by atoms with Crippen LogP contribution in [0.5, 0.6) is 5.75 Å². The number of para-hydroxylation sites is 2. The molecule has 49 heavy (non-hydrogen) atoms. The van der Waals surface area contributed by atoms with Gasteiger partial charge in [-0.2, -0.15) is 0 Å². The number of benzene rings is 4. The normalized spacial score (nSPS) is 15.3. The van der Waals surface area contributed by atoms with Crippen molar-refractivity contribution in [3.05, 3.63) is 100 Å². The summed E-state index contributed by atoms with van der Waals surface area (Å²) in [6.07, 6.45) is -0.709. The Labute approximate surface area is 292 Å². The zero-order valence-electron chi connectivity index (χ0n) is 28.1. The molecule has 2 atom stereocenters. The van der Waals surface area contributed by atoms with Gasteiger partial charge in [0.1, 0.15) is 29.3 Å². The molecular formula is C37H38BrFN4O6. The summed E-state index contributed by atoms with van der Waals surface area (Å²) in [5, 5.41) is 4.57. The quantitative estimate of drug-likeness (QED) is 0.227. The first-order valence-corrected chi connectivity index (χ1v) is 16.5. The van der Waals surface area contributed by atoms with Gasteiger partial charge in [0.15, 0.2) is 0 Å². The van der Waals surface area contributed by atoms with Crippen LogP contribution in [0.15, 0.2) is 83.3 Å². The van der Waals surface area contributed by atoms with Crippen molar-refractivity contribution in [2.45, 2.75) is 51.9 Å². The fourth-order valence-electron chi connectivity index (χ4n) is 5.62. The van der Waals surface area contributed by atoms with Gasteiger partial charge in [-0.05, 0) is 93.1 Å². The predicted octanol–water partition coefficient (Wildman–Crippen LogP) is 6.68. The van der Waals surface area contributed by atoms with Crippen LogP contribution in [0.4, 0.5) is 20.6 Å². The maximum absolute atomic E-state index is 14.7. The Balaban J connectivity index is 1.59. The van der Waals surface area contributed by atoms with Gasteiger partial charge < -0.3 is 24.6 Å². The number of carbonyl (C=O) groups excluding carboxylic acids is 4. The Morgan fingerprint density at radius 3 is 2.35 bits per heavy atom. The van der Waals surface area contributed by atoms with Crippen molar-refractivity contribution in [2.24, 2.45) is 0 Å². The summed E-state index contributed by atoms with van der Waals surface area (Å²) in [6, 6.07) is 19.4. The molecule has 4 amide bonds. The summed E-state index contributed by atoms with van der Waals surface area (Å²) >= 11 is 3.52. The average molecular weight is 734 g/mol. The number of methoxy groups -OCH3 is 1. The van der Waals surface area contributed by atoms with Crippen LogP contribution in [0.1, 0.15) is 43.6 Å². The van der Waals surface area contributed by atoms with E-state index in [0.717, 1.165) is 25.7 Å². The van der Waals surface area contributed by atoms with E-state index in [9.17, 15) is 23.6 Å². The number of fused-ring (bicyclic) bond motifs is 2. The summed E-state index contributed by atoms with van der Waals surface area (Å²) in [5.74, 6) is -1.55. The van der Waals surface area contributed by atoms with E-state index in [4.69, 9.17) is 9.47 Å². The fraction of sp³-hybridized carbons (Fsp3) is 0.297.